The SMILES string of the molecule is Cc1ccc(-c2[nH]nc3c2[C@@H](c2ccc(Br)cc2)C2=C(CC(C)(C)CC2=O)N3)cc1. The Kier molecular flexibility index (Phi) is 4.47. The first-order valence-electron chi connectivity index (χ1n) is 10.3. The Hall–Kier alpha value is -2.66. The molecule has 1 aliphatic carbocycles. The number of Topliss-reactive ketones (excluding diaryl/α,β-unsaturated/α-hetero) is 1. The van der Waals surface area contributed by atoms with Crippen LogP contribution in [0, 0.1) is 12.3 Å². The first-order valence-corrected chi connectivity index (χ1v) is 11.1. The third-order valence-electron chi connectivity index (χ3n) is 6.11. The molecule has 30 heavy (non-hydrogen) atoms. The lowest BCUT2D eigenvalue weighted by Crippen LogP contribution is -2.33. The molecule has 5 heteroatoms. The van der Waals surface area contributed by atoms with Crippen molar-refractivity contribution in [3.8, 4) is 11.3 Å². The number of fused-ring (bicyclic) bond motifs is 1. The van der Waals surface area contributed by atoms with Crippen LogP contribution in [0.2, 0.25) is 0 Å². The van der Waals surface area contributed by atoms with Gasteiger partial charge in [-0.25, -0.2) is 0 Å². The molecule has 0 fully saturated rings. The molecular weight excluding hydrogens is 438 g/mol. The average Bonchev–Trinajstić information content (AvgIpc) is 3.10. The van der Waals surface area contributed by atoms with E-state index in [1.165, 1.54) is 5.56 Å². The highest BCUT2D eigenvalue weighted by molar-refractivity contribution is 9.10. The molecule has 2 aliphatic rings. The van der Waals surface area contributed by atoms with E-state index in [9.17, 15) is 4.79 Å². The smallest absolute Gasteiger partial charge is 0.162 e. The predicted octanol–water partition coefficient (Wildman–Crippen LogP) is 6.35. The molecular formula is C25H24BrN3O. The van der Waals surface area contributed by atoms with Crippen molar-refractivity contribution in [2.24, 2.45) is 5.41 Å². The fourth-order valence-corrected chi connectivity index (χ4v) is 4.99. The Morgan fingerprint density at radius 2 is 1.73 bits per heavy atom. The molecule has 0 radical (unpaired) electrons. The summed E-state index contributed by atoms with van der Waals surface area (Å²) in [5.74, 6) is 0.911. The van der Waals surface area contributed by atoms with Gasteiger partial charge in [0.25, 0.3) is 0 Å². The topological polar surface area (TPSA) is 57.8 Å². The highest BCUT2D eigenvalue weighted by atomic mass is 79.9. The Labute approximate surface area is 184 Å². The Morgan fingerprint density at radius 3 is 2.43 bits per heavy atom. The summed E-state index contributed by atoms with van der Waals surface area (Å²) in [6.07, 6.45) is 1.40. The summed E-state index contributed by atoms with van der Waals surface area (Å²) in [5, 5.41) is 11.4. The van der Waals surface area contributed by atoms with Gasteiger partial charge in [0, 0.05) is 33.6 Å². The fraction of sp³-hybridized carbons (Fsp3) is 0.280. The first-order chi connectivity index (χ1) is 14.3. The molecule has 3 aromatic rings. The maximum Gasteiger partial charge on any atom is 0.162 e. The van der Waals surface area contributed by atoms with Crippen molar-refractivity contribution in [2.45, 2.75) is 39.5 Å². The minimum atomic E-state index is -0.136. The van der Waals surface area contributed by atoms with Crippen LogP contribution in [0.5, 0.6) is 0 Å². The van der Waals surface area contributed by atoms with Gasteiger partial charge in [-0.2, -0.15) is 5.10 Å². The molecule has 5 rings (SSSR count). The van der Waals surface area contributed by atoms with Gasteiger partial charge in [0.1, 0.15) is 0 Å². The number of halogens is 1. The number of anilines is 1. The second kappa shape index (κ2) is 6.95. The molecule has 2 aromatic carbocycles. The second-order valence-electron chi connectivity index (χ2n) is 9.17. The minimum absolute atomic E-state index is 0.0548. The molecule has 0 unspecified atom stereocenters. The van der Waals surface area contributed by atoms with Crippen molar-refractivity contribution in [3.05, 3.63) is 81.0 Å². The molecule has 0 bridgehead atoms. The van der Waals surface area contributed by atoms with Gasteiger partial charge in [0.05, 0.1) is 5.69 Å². The van der Waals surface area contributed by atoms with E-state index in [0.717, 1.165) is 50.4 Å². The number of benzene rings is 2. The van der Waals surface area contributed by atoms with Crippen LogP contribution >= 0.6 is 15.9 Å². The van der Waals surface area contributed by atoms with Crippen LogP contribution in [0.3, 0.4) is 0 Å². The third-order valence-corrected chi connectivity index (χ3v) is 6.64. The molecule has 0 saturated carbocycles. The summed E-state index contributed by atoms with van der Waals surface area (Å²) in [6.45, 7) is 6.39. The minimum Gasteiger partial charge on any atom is -0.342 e. The van der Waals surface area contributed by atoms with Crippen molar-refractivity contribution in [1.29, 1.82) is 0 Å². The number of carbonyl (C=O) groups is 1. The highest BCUT2D eigenvalue weighted by Crippen LogP contribution is 2.50. The largest absolute Gasteiger partial charge is 0.342 e. The number of ketones is 1. The van der Waals surface area contributed by atoms with Crippen molar-refractivity contribution in [3.63, 3.8) is 0 Å². The monoisotopic (exact) mass is 461 g/mol. The third kappa shape index (κ3) is 3.21. The van der Waals surface area contributed by atoms with Crippen molar-refractivity contribution < 1.29 is 4.79 Å². The average molecular weight is 462 g/mol. The van der Waals surface area contributed by atoms with Crippen LogP contribution < -0.4 is 5.32 Å². The van der Waals surface area contributed by atoms with E-state index >= 15 is 0 Å². The second-order valence-corrected chi connectivity index (χ2v) is 10.1. The molecule has 1 aliphatic heterocycles. The van der Waals surface area contributed by atoms with Gasteiger partial charge in [0.15, 0.2) is 11.6 Å². The molecule has 1 aromatic heterocycles. The quantitative estimate of drug-likeness (QED) is 0.467. The van der Waals surface area contributed by atoms with Crippen LogP contribution in [0.15, 0.2) is 64.3 Å². The van der Waals surface area contributed by atoms with Crippen LogP contribution in [-0.2, 0) is 4.79 Å². The number of aromatic nitrogens is 2. The molecule has 0 saturated heterocycles. The molecule has 4 nitrogen and oxygen atoms in total. The lowest BCUT2D eigenvalue weighted by atomic mass is 9.69. The van der Waals surface area contributed by atoms with Crippen LogP contribution in [0.25, 0.3) is 11.3 Å². The van der Waals surface area contributed by atoms with Crippen LogP contribution in [-0.4, -0.2) is 16.0 Å². The Bertz CT molecular complexity index is 1170. The van der Waals surface area contributed by atoms with E-state index in [-0.39, 0.29) is 17.1 Å². The summed E-state index contributed by atoms with van der Waals surface area (Å²) in [6, 6.07) is 16.7. The molecule has 2 N–H and O–H groups in total. The van der Waals surface area contributed by atoms with Gasteiger partial charge in [-0.1, -0.05) is 71.7 Å². The van der Waals surface area contributed by atoms with Gasteiger partial charge in [-0.05, 0) is 42.0 Å². The number of hydrogen-bond donors (Lipinski definition) is 2. The van der Waals surface area contributed by atoms with Crippen LogP contribution in [0.4, 0.5) is 5.82 Å². The van der Waals surface area contributed by atoms with Crippen LogP contribution in [0.1, 0.15) is 49.3 Å². The van der Waals surface area contributed by atoms with E-state index in [2.05, 4.69) is 88.6 Å². The van der Waals surface area contributed by atoms with E-state index in [1.54, 1.807) is 0 Å². The number of carbonyl (C=O) groups excluding carboxylic acids is 1. The molecule has 2 heterocycles. The zero-order chi connectivity index (χ0) is 21.0. The normalized spacial score (nSPS) is 19.9. The van der Waals surface area contributed by atoms with E-state index in [1.807, 2.05) is 12.1 Å². The van der Waals surface area contributed by atoms with Gasteiger partial charge in [-0.15, -0.1) is 0 Å². The first kappa shape index (κ1) is 19.3. The lowest BCUT2D eigenvalue weighted by Gasteiger charge is -2.38. The van der Waals surface area contributed by atoms with Gasteiger partial charge >= 0.3 is 0 Å². The van der Waals surface area contributed by atoms with Crippen molar-refractivity contribution in [2.75, 3.05) is 5.32 Å². The summed E-state index contributed by atoms with van der Waals surface area (Å²) >= 11 is 3.54. The van der Waals surface area contributed by atoms with Crippen molar-refractivity contribution >= 4 is 27.5 Å². The van der Waals surface area contributed by atoms with E-state index < -0.39 is 0 Å². The number of H-pyrrole nitrogens is 1. The van der Waals surface area contributed by atoms with E-state index in [0.29, 0.717) is 6.42 Å². The summed E-state index contributed by atoms with van der Waals surface area (Å²) in [4.78, 5) is 13.4. The maximum absolute atomic E-state index is 13.4. The Balaban J connectivity index is 1.73. The summed E-state index contributed by atoms with van der Waals surface area (Å²) < 4.78 is 1.02. The van der Waals surface area contributed by atoms with Gasteiger partial charge in [-0.3, -0.25) is 9.89 Å². The Morgan fingerprint density at radius 1 is 1.03 bits per heavy atom. The number of hydrogen-bond acceptors (Lipinski definition) is 3. The van der Waals surface area contributed by atoms with E-state index in [4.69, 9.17) is 0 Å². The number of nitrogens with zero attached hydrogens (tertiary/aromatic N) is 1. The zero-order valence-corrected chi connectivity index (χ0v) is 18.9. The predicted molar refractivity (Wildman–Crippen MR) is 123 cm³/mol. The standard InChI is InChI=1S/C25H24BrN3O/c1-14-4-6-16(7-5-14)23-22-20(15-8-10-17(26)11-9-15)21-18(27-24(22)29-28-23)12-25(2,3)13-19(21)30/h4-11,20H,12-13H2,1-3H3,(H2,27,28,29)/t20-/m0/s1. The summed E-state index contributed by atoms with van der Waals surface area (Å²) in [5.41, 5.74) is 7.26. The molecule has 1 atom stereocenters. The molecule has 152 valence electrons. The molecule has 0 amide bonds. The molecule has 0 spiro atoms. The van der Waals surface area contributed by atoms with Gasteiger partial charge in [0.2, 0.25) is 0 Å². The van der Waals surface area contributed by atoms with Crippen molar-refractivity contribution in [1.82, 2.24) is 10.2 Å². The summed E-state index contributed by atoms with van der Waals surface area (Å²) in [7, 11) is 0. The zero-order valence-electron chi connectivity index (χ0n) is 17.3. The lowest BCUT2D eigenvalue weighted by molar-refractivity contribution is -0.118. The number of allylic oxidation sites excluding steroid dienone is 2. The number of nitrogens with one attached hydrogen (secondary N) is 2. The maximum atomic E-state index is 13.4. The number of rotatable bonds is 2. The highest BCUT2D eigenvalue weighted by Gasteiger charge is 2.42. The number of aryl methyl sites for hydroxylation is 1. The number of aromatic amines is 1. The van der Waals surface area contributed by atoms with Gasteiger partial charge < -0.3 is 5.32 Å². The fourth-order valence-electron chi connectivity index (χ4n) is 4.72.